The van der Waals surface area contributed by atoms with Gasteiger partial charge in [0.25, 0.3) is 0 Å². The number of rotatable bonds is 0. The van der Waals surface area contributed by atoms with Gasteiger partial charge in [-0.15, -0.1) is 0 Å². The lowest BCUT2D eigenvalue weighted by Gasteiger charge is -2.12. The summed E-state index contributed by atoms with van der Waals surface area (Å²) >= 11 is 2.99. The molecule has 0 bridgehead atoms. The molecule has 1 aliphatic rings. The van der Waals surface area contributed by atoms with E-state index < -0.39 is 17.6 Å². The fourth-order valence-corrected chi connectivity index (χ4v) is 2.04. The average Bonchev–Trinajstić information content (AvgIpc) is 2.41. The molecule has 0 aliphatic carbocycles. The number of carbonyl (C=O) groups is 1. The fraction of sp³-hybridized carbons (Fsp3) is 0.222. The molecule has 0 saturated carbocycles. The summed E-state index contributed by atoms with van der Waals surface area (Å²) < 4.78 is 38.1. The minimum Gasteiger partial charge on any atom is -0.325 e. The highest BCUT2D eigenvalue weighted by molar-refractivity contribution is 9.10. The van der Waals surface area contributed by atoms with Gasteiger partial charge in [-0.25, -0.2) is 0 Å². The van der Waals surface area contributed by atoms with Crippen LogP contribution in [0.4, 0.5) is 18.9 Å². The second-order valence-corrected chi connectivity index (χ2v) is 4.13. The van der Waals surface area contributed by atoms with Crippen molar-refractivity contribution < 1.29 is 18.0 Å². The van der Waals surface area contributed by atoms with Crippen LogP contribution in [0.2, 0.25) is 0 Å². The lowest BCUT2D eigenvalue weighted by molar-refractivity contribution is -0.137. The van der Waals surface area contributed by atoms with E-state index in [-0.39, 0.29) is 12.1 Å². The Morgan fingerprint density at radius 3 is 2.60 bits per heavy atom. The maximum atomic E-state index is 12.6. The molecule has 1 aliphatic heterocycles. The molecule has 0 atom stereocenters. The molecule has 0 radical (unpaired) electrons. The molecule has 80 valence electrons. The minimum atomic E-state index is -4.45. The van der Waals surface area contributed by atoms with Crippen molar-refractivity contribution in [3.05, 3.63) is 27.7 Å². The van der Waals surface area contributed by atoms with Crippen LogP contribution in [0.15, 0.2) is 16.6 Å². The molecule has 6 heteroatoms. The highest BCUT2D eigenvalue weighted by Gasteiger charge is 2.37. The van der Waals surface area contributed by atoms with E-state index in [1.807, 2.05) is 0 Å². The Balaban J connectivity index is 2.62. The first-order valence-corrected chi connectivity index (χ1v) is 4.86. The van der Waals surface area contributed by atoms with Crippen LogP contribution in [0.3, 0.4) is 0 Å². The van der Waals surface area contributed by atoms with Crippen molar-refractivity contribution in [2.75, 3.05) is 5.32 Å². The molecule has 1 amide bonds. The molecule has 0 spiro atoms. The Labute approximate surface area is 91.6 Å². The highest BCUT2D eigenvalue weighted by Crippen LogP contribution is 2.40. The molecule has 1 heterocycles. The molecule has 0 aromatic heterocycles. The summed E-state index contributed by atoms with van der Waals surface area (Å²) in [6.45, 7) is 0. The summed E-state index contributed by atoms with van der Waals surface area (Å²) in [5.74, 6) is -0.409. The average molecular weight is 280 g/mol. The van der Waals surface area contributed by atoms with Crippen LogP contribution in [-0.2, 0) is 17.4 Å². The van der Waals surface area contributed by atoms with E-state index in [0.717, 1.165) is 6.07 Å². The van der Waals surface area contributed by atoms with Crippen molar-refractivity contribution in [3.8, 4) is 0 Å². The molecule has 15 heavy (non-hydrogen) atoms. The van der Waals surface area contributed by atoms with Crippen LogP contribution >= 0.6 is 15.9 Å². The normalized spacial score (nSPS) is 15.1. The van der Waals surface area contributed by atoms with Gasteiger partial charge in [0, 0.05) is 4.47 Å². The molecule has 0 fully saturated rings. The summed E-state index contributed by atoms with van der Waals surface area (Å²) in [5, 5.41) is 2.22. The van der Waals surface area contributed by atoms with Gasteiger partial charge in [-0.2, -0.15) is 13.2 Å². The lowest BCUT2D eigenvalue weighted by Crippen LogP contribution is -2.10. The zero-order chi connectivity index (χ0) is 11.2. The van der Waals surface area contributed by atoms with Crippen LogP contribution in [0.25, 0.3) is 0 Å². The molecule has 0 saturated heterocycles. The third kappa shape index (κ3) is 1.86. The smallest absolute Gasteiger partial charge is 0.325 e. The van der Waals surface area contributed by atoms with E-state index in [1.54, 1.807) is 0 Å². The molecule has 1 N–H and O–H groups in total. The maximum absolute atomic E-state index is 12.6. The summed E-state index contributed by atoms with van der Waals surface area (Å²) in [5.41, 5.74) is -0.546. The molecule has 1 aromatic rings. The molecular weight excluding hydrogens is 275 g/mol. The first-order valence-electron chi connectivity index (χ1n) is 4.07. The number of carbonyl (C=O) groups excluding carboxylic acids is 1. The van der Waals surface area contributed by atoms with E-state index in [1.165, 1.54) is 6.07 Å². The quantitative estimate of drug-likeness (QED) is 0.777. The Hall–Kier alpha value is -1.04. The monoisotopic (exact) mass is 279 g/mol. The number of anilines is 1. The second-order valence-electron chi connectivity index (χ2n) is 3.21. The zero-order valence-corrected chi connectivity index (χ0v) is 8.87. The van der Waals surface area contributed by atoms with Crippen LogP contribution in [0.5, 0.6) is 0 Å². The number of hydrogen-bond donors (Lipinski definition) is 1. The summed E-state index contributed by atoms with van der Waals surface area (Å²) in [6, 6.07) is 2.48. The van der Waals surface area contributed by atoms with Crippen molar-refractivity contribution in [2.45, 2.75) is 12.6 Å². The number of fused-ring (bicyclic) bond motifs is 1. The van der Waals surface area contributed by atoms with Gasteiger partial charge in [-0.3, -0.25) is 4.79 Å². The Bertz CT molecular complexity index is 442. The molecule has 2 nitrogen and oxygen atoms in total. The van der Waals surface area contributed by atoms with Gasteiger partial charge >= 0.3 is 6.18 Å². The van der Waals surface area contributed by atoms with Gasteiger partial charge in [0.2, 0.25) is 5.91 Å². The van der Waals surface area contributed by atoms with E-state index >= 15 is 0 Å². The van der Waals surface area contributed by atoms with Crippen LogP contribution < -0.4 is 5.32 Å². The SMILES string of the molecule is O=C1Cc2cc(Br)cc(C(F)(F)F)c2N1. The van der Waals surface area contributed by atoms with Crippen LogP contribution in [0.1, 0.15) is 11.1 Å². The zero-order valence-electron chi connectivity index (χ0n) is 7.28. The van der Waals surface area contributed by atoms with Crippen molar-refractivity contribution in [3.63, 3.8) is 0 Å². The third-order valence-electron chi connectivity index (χ3n) is 2.11. The number of halogens is 4. The van der Waals surface area contributed by atoms with Crippen LogP contribution in [-0.4, -0.2) is 5.91 Å². The Morgan fingerprint density at radius 1 is 1.33 bits per heavy atom. The number of amides is 1. The number of hydrogen-bond acceptors (Lipinski definition) is 1. The van der Waals surface area contributed by atoms with E-state index in [0.29, 0.717) is 10.0 Å². The van der Waals surface area contributed by atoms with Gasteiger partial charge in [0.05, 0.1) is 17.7 Å². The lowest BCUT2D eigenvalue weighted by atomic mass is 10.1. The number of benzene rings is 1. The first kappa shape index (κ1) is 10.5. The van der Waals surface area contributed by atoms with Gasteiger partial charge < -0.3 is 5.32 Å². The van der Waals surface area contributed by atoms with Crippen molar-refractivity contribution in [2.24, 2.45) is 0 Å². The molecule has 0 unspecified atom stereocenters. The van der Waals surface area contributed by atoms with Gasteiger partial charge in [-0.1, -0.05) is 15.9 Å². The van der Waals surface area contributed by atoms with Gasteiger partial charge in [0.1, 0.15) is 0 Å². The third-order valence-corrected chi connectivity index (χ3v) is 2.56. The van der Waals surface area contributed by atoms with E-state index in [2.05, 4.69) is 21.2 Å². The van der Waals surface area contributed by atoms with Gasteiger partial charge in [-0.05, 0) is 17.7 Å². The maximum Gasteiger partial charge on any atom is 0.418 e. The number of nitrogens with one attached hydrogen (secondary N) is 1. The summed E-state index contributed by atoms with van der Waals surface area (Å²) in [6.07, 6.45) is -4.46. The minimum absolute atomic E-state index is 0.00213. The number of alkyl halides is 3. The first-order chi connectivity index (χ1) is 6.88. The summed E-state index contributed by atoms with van der Waals surface area (Å²) in [4.78, 5) is 11.0. The van der Waals surface area contributed by atoms with E-state index in [4.69, 9.17) is 0 Å². The Kier molecular flexibility index (Phi) is 2.26. The second kappa shape index (κ2) is 3.23. The largest absolute Gasteiger partial charge is 0.418 e. The van der Waals surface area contributed by atoms with E-state index in [9.17, 15) is 18.0 Å². The standard InChI is InChI=1S/C9H5BrF3NO/c10-5-1-4-2-7(15)14-8(4)6(3-5)9(11,12)13/h1,3H,2H2,(H,14,15). The molecular formula is C9H5BrF3NO. The highest BCUT2D eigenvalue weighted by atomic mass is 79.9. The molecule has 2 rings (SSSR count). The topological polar surface area (TPSA) is 29.1 Å². The summed E-state index contributed by atoms with van der Waals surface area (Å²) in [7, 11) is 0. The molecule has 1 aromatic carbocycles. The predicted molar refractivity (Wildman–Crippen MR) is 51.5 cm³/mol. The predicted octanol–water partition coefficient (Wildman–Crippen LogP) is 2.96. The fourth-order valence-electron chi connectivity index (χ4n) is 1.53. The van der Waals surface area contributed by atoms with Crippen molar-refractivity contribution in [1.82, 2.24) is 0 Å². The van der Waals surface area contributed by atoms with Gasteiger partial charge in [0.15, 0.2) is 0 Å². The Morgan fingerprint density at radius 2 is 2.00 bits per heavy atom. The van der Waals surface area contributed by atoms with Crippen LogP contribution in [0, 0.1) is 0 Å². The van der Waals surface area contributed by atoms with Crippen molar-refractivity contribution in [1.29, 1.82) is 0 Å². The van der Waals surface area contributed by atoms with Crippen molar-refractivity contribution >= 4 is 27.5 Å².